The van der Waals surface area contributed by atoms with Crippen molar-refractivity contribution in [2.45, 2.75) is 6.92 Å². The van der Waals surface area contributed by atoms with Crippen molar-refractivity contribution in [3.63, 3.8) is 0 Å². The van der Waals surface area contributed by atoms with Crippen LogP contribution in [0.5, 0.6) is 11.5 Å². The van der Waals surface area contributed by atoms with Crippen LogP contribution in [-0.2, 0) is 4.79 Å². The van der Waals surface area contributed by atoms with Gasteiger partial charge in [0.05, 0.1) is 7.11 Å². The number of fused-ring (bicyclic) bond motifs is 1. The van der Waals surface area contributed by atoms with Crippen molar-refractivity contribution in [3.05, 3.63) is 57.2 Å². The molecule has 0 saturated carbocycles. The number of methoxy groups -OCH3 is 1. The van der Waals surface area contributed by atoms with Crippen LogP contribution in [0.1, 0.15) is 6.92 Å². The van der Waals surface area contributed by atoms with Crippen molar-refractivity contribution >= 4 is 32.9 Å². The standard InChI is InChI=1S/C18H13BrO5/c1-10(20)23-18-16-12(21)8-13(11-6-4-3-5-7-11)24-14(16)9-15(22-2)17(18)19/h3-9H,1-2H3. The summed E-state index contributed by atoms with van der Waals surface area (Å²) >= 11 is 3.31. The molecule has 0 amide bonds. The van der Waals surface area contributed by atoms with Crippen LogP contribution in [0.25, 0.3) is 22.3 Å². The number of esters is 1. The van der Waals surface area contributed by atoms with E-state index < -0.39 is 5.97 Å². The van der Waals surface area contributed by atoms with Gasteiger partial charge < -0.3 is 13.9 Å². The Morgan fingerprint density at radius 2 is 1.88 bits per heavy atom. The van der Waals surface area contributed by atoms with E-state index in [1.54, 1.807) is 6.07 Å². The van der Waals surface area contributed by atoms with E-state index >= 15 is 0 Å². The summed E-state index contributed by atoms with van der Waals surface area (Å²) in [4.78, 5) is 24.0. The summed E-state index contributed by atoms with van der Waals surface area (Å²) in [5, 5.41) is 0.178. The summed E-state index contributed by atoms with van der Waals surface area (Å²) < 4.78 is 16.7. The molecule has 1 aromatic heterocycles. The molecule has 0 radical (unpaired) electrons. The Balaban J connectivity index is 2.34. The second-order valence-electron chi connectivity index (χ2n) is 5.03. The first-order valence-corrected chi connectivity index (χ1v) is 7.88. The maximum atomic E-state index is 12.6. The van der Waals surface area contributed by atoms with Gasteiger partial charge in [0.1, 0.15) is 27.0 Å². The van der Waals surface area contributed by atoms with Crippen LogP contribution in [0.15, 0.2) is 56.1 Å². The van der Waals surface area contributed by atoms with Gasteiger partial charge >= 0.3 is 5.97 Å². The molecule has 0 atom stereocenters. The molecule has 6 heteroatoms. The SMILES string of the molecule is COc1cc2oc(-c3ccccc3)cc(=O)c2c(OC(C)=O)c1Br. The average Bonchev–Trinajstić information content (AvgIpc) is 2.57. The Morgan fingerprint density at radius 1 is 1.17 bits per heavy atom. The van der Waals surface area contributed by atoms with Gasteiger partial charge in [-0.3, -0.25) is 9.59 Å². The number of ether oxygens (including phenoxy) is 2. The number of rotatable bonds is 3. The average molecular weight is 389 g/mol. The third kappa shape index (κ3) is 2.92. The van der Waals surface area contributed by atoms with Crippen molar-refractivity contribution in [3.8, 4) is 22.8 Å². The quantitative estimate of drug-likeness (QED) is 0.497. The Morgan fingerprint density at radius 3 is 2.50 bits per heavy atom. The highest BCUT2D eigenvalue weighted by Crippen LogP contribution is 2.40. The fourth-order valence-electron chi connectivity index (χ4n) is 2.37. The van der Waals surface area contributed by atoms with Crippen LogP contribution < -0.4 is 14.9 Å². The van der Waals surface area contributed by atoms with Crippen molar-refractivity contribution in [2.75, 3.05) is 7.11 Å². The first kappa shape index (κ1) is 16.3. The zero-order valence-corrected chi connectivity index (χ0v) is 14.5. The van der Waals surface area contributed by atoms with Gasteiger partial charge in [0, 0.05) is 24.6 Å². The van der Waals surface area contributed by atoms with Gasteiger partial charge in [0.25, 0.3) is 0 Å². The van der Waals surface area contributed by atoms with Gasteiger partial charge in [-0.15, -0.1) is 0 Å². The number of hydrogen-bond acceptors (Lipinski definition) is 5. The van der Waals surface area contributed by atoms with E-state index in [4.69, 9.17) is 13.9 Å². The molecule has 5 nitrogen and oxygen atoms in total. The lowest BCUT2D eigenvalue weighted by Crippen LogP contribution is -2.08. The molecule has 24 heavy (non-hydrogen) atoms. The molecule has 0 aliphatic heterocycles. The minimum atomic E-state index is -0.545. The lowest BCUT2D eigenvalue weighted by atomic mass is 10.1. The summed E-state index contributed by atoms with van der Waals surface area (Å²) in [6, 6.07) is 12.2. The van der Waals surface area contributed by atoms with Gasteiger partial charge in [-0.2, -0.15) is 0 Å². The molecule has 122 valence electrons. The Kier molecular flexibility index (Phi) is 4.40. The van der Waals surface area contributed by atoms with Crippen LogP contribution in [0.2, 0.25) is 0 Å². The van der Waals surface area contributed by atoms with Gasteiger partial charge in [0.15, 0.2) is 11.2 Å². The molecule has 0 saturated heterocycles. The maximum Gasteiger partial charge on any atom is 0.308 e. The summed E-state index contributed by atoms with van der Waals surface area (Å²) in [7, 11) is 1.47. The van der Waals surface area contributed by atoms with Crippen LogP contribution in [0.3, 0.4) is 0 Å². The van der Waals surface area contributed by atoms with E-state index in [-0.39, 0.29) is 22.1 Å². The molecule has 0 bridgehead atoms. The summed E-state index contributed by atoms with van der Waals surface area (Å²) in [5.74, 6) is 0.361. The Hall–Kier alpha value is -2.60. The lowest BCUT2D eigenvalue weighted by Gasteiger charge is -2.12. The van der Waals surface area contributed by atoms with Gasteiger partial charge in [-0.05, 0) is 15.9 Å². The first-order chi connectivity index (χ1) is 11.5. The van der Waals surface area contributed by atoms with E-state index in [0.29, 0.717) is 16.0 Å². The molecular formula is C18H13BrO5. The second-order valence-corrected chi connectivity index (χ2v) is 5.82. The van der Waals surface area contributed by atoms with E-state index in [9.17, 15) is 9.59 Å². The Bertz CT molecular complexity index is 976. The van der Waals surface area contributed by atoms with Crippen LogP contribution in [-0.4, -0.2) is 13.1 Å². The summed E-state index contributed by atoms with van der Waals surface area (Å²) in [6.45, 7) is 1.26. The monoisotopic (exact) mass is 388 g/mol. The zero-order valence-electron chi connectivity index (χ0n) is 13.0. The van der Waals surface area contributed by atoms with Gasteiger partial charge in [-0.1, -0.05) is 30.3 Å². The second kappa shape index (κ2) is 6.49. The van der Waals surface area contributed by atoms with Crippen LogP contribution in [0, 0.1) is 0 Å². The molecule has 0 spiro atoms. The molecule has 3 rings (SSSR count). The van der Waals surface area contributed by atoms with E-state index in [2.05, 4.69) is 15.9 Å². The molecule has 3 aromatic rings. The lowest BCUT2D eigenvalue weighted by molar-refractivity contribution is -0.131. The molecule has 0 fully saturated rings. The molecule has 1 heterocycles. The highest BCUT2D eigenvalue weighted by atomic mass is 79.9. The highest BCUT2D eigenvalue weighted by Gasteiger charge is 2.20. The number of hydrogen-bond donors (Lipinski definition) is 0. The molecule has 0 N–H and O–H groups in total. The van der Waals surface area contributed by atoms with Crippen molar-refractivity contribution in [1.82, 2.24) is 0 Å². The summed E-state index contributed by atoms with van der Waals surface area (Å²) in [5.41, 5.74) is 0.736. The molecule has 0 unspecified atom stereocenters. The number of halogens is 1. The topological polar surface area (TPSA) is 65.7 Å². The number of benzene rings is 2. The molecule has 2 aromatic carbocycles. The molecule has 0 aliphatic rings. The molecular weight excluding hydrogens is 376 g/mol. The largest absolute Gasteiger partial charge is 0.495 e. The fraction of sp³-hybridized carbons (Fsp3) is 0.111. The third-order valence-electron chi connectivity index (χ3n) is 3.40. The van der Waals surface area contributed by atoms with Gasteiger partial charge in [-0.25, -0.2) is 0 Å². The van der Waals surface area contributed by atoms with Crippen molar-refractivity contribution in [2.24, 2.45) is 0 Å². The highest BCUT2D eigenvalue weighted by molar-refractivity contribution is 9.10. The minimum absolute atomic E-state index is 0.0882. The van der Waals surface area contributed by atoms with E-state index in [1.165, 1.54) is 20.1 Å². The van der Waals surface area contributed by atoms with Gasteiger partial charge in [0.2, 0.25) is 0 Å². The Labute approximate surface area is 145 Å². The van der Waals surface area contributed by atoms with Crippen molar-refractivity contribution in [1.29, 1.82) is 0 Å². The fourth-order valence-corrected chi connectivity index (χ4v) is 2.93. The predicted molar refractivity (Wildman–Crippen MR) is 93.5 cm³/mol. The van der Waals surface area contributed by atoms with Crippen LogP contribution >= 0.6 is 15.9 Å². The number of carbonyl (C=O) groups excluding carboxylic acids is 1. The summed E-state index contributed by atoms with van der Waals surface area (Å²) in [6.07, 6.45) is 0. The zero-order chi connectivity index (χ0) is 17.3. The smallest absolute Gasteiger partial charge is 0.308 e. The number of carbonyl (C=O) groups is 1. The normalized spacial score (nSPS) is 10.6. The maximum absolute atomic E-state index is 12.6. The predicted octanol–water partition coefficient (Wildman–Crippen LogP) is 4.16. The van der Waals surface area contributed by atoms with Crippen molar-refractivity contribution < 1.29 is 18.7 Å². The third-order valence-corrected chi connectivity index (χ3v) is 4.15. The minimum Gasteiger partial charge on any atom is -0.495 e. The van der Waals surface area contributed by atoms with E-state index in [0.717, 1.165) is 5.56 Å². The van der Waals surface area contributed by atoms with Crippen LogP contribution in [0.4, 0.5) is 0 Å². The first-order valence-electron chi connectivity index (χ1n) is 7.09. The van der Waals surface area contributed by atoms with E-state index in [1.807, 2.05) is 30.3 Å². The molecule has 0 aliphatic carbocycles.